The standard InChI is InChI=1S/C13H12FNO/c1-15-5-4-9(7-15)12-8-16-13-6-10(14)2-3-11(12)13/h2-4,6,8H,5,7H2,1H3. The van der Waals surface area contributed by atoms with Gasteiger partial charge in [0.2, 0.25) is 0 Å². The first kappa shape index (κ1) is 9.60. The number of furan rings is 1. The molecule has 82 valence electrons. The first-order chi connectivity index (χ1) is 7.74. The smallest absolute Gasteiger partial charge is 0.137 e. The Morgan fingerprint density at radius 2 is 2.25 bits per heavy atom. The van der Waals surface area contributed by atoms with Crippen molar-refractivity contribution in [3.05, 3.63) is 41.9 Å². The second-order valence-corrected chi connectivity index (χ2v) is 4.22. The van der Waals surface area contributed by atoms with E-state index < -0.39 is 0 Å². The first-order valence-electron chi connectivity index (χ1n) is 5.29. The number of halogens is 1. The topological polar surface area (TPSA) is 16.4 Å². The zero-order chi connectivity index (χ0) is 11.1. The highest BCUT2D eigenvalue weighted by Crippen LogP contribution is 2.29. The van der Waals surface area contributed by atoms with Crippen molar-refractivity contribution in [3.63, 3.8) is 0 Å². The van der Waals surface area contributed by atoms with E-state index in [1.165, 1.54) is 17.7 Å². The predicted octanol–water partition coefficient (Wildman–Crippen LogP) is 2.90. The average Bonchev–Trinajstić information content (AvgIpc) is 2.83. The lowest BCUT2D eigenvalue weighted by atomic mass is 10.1. The van der Waals surface area contributed by atoms with Gasteiger partial charge in [-0.1, -0.05) is 6.08 Å². The quantitative estimate of drug-likeness (QED) is 0.730. The third-order valence-electron chi connectivity index (χ3n) is 2.97. The summed E-state index contributed by atoms with van der Waals surface area (Å²) < 4.78 is 18.4. The molecule has 1 aliphatic rings. The molecule has 2 heterocycles. The monoisotopic (exact) mass is 217 g/mol. The molecule has 1 aliphatic heterocycles. The Kier molecular flexibility index (Phi) is 2.07. The molecule has 3 rings (SSSR count). The molecule has 0 bridgehead atoms. The fourth-order valence-corrected chi connectivity index (χ4v) is 2.13. The molecular formula is C13H12FNO. The van der Waals surface area contributed by atoms with E-state index in [9.17, 15) is 4.39 Å². The van der Waals surface area contributed by atoms with Crippen LogP contribution in [0.3, 0.4) is 0 Å². The van der Waals surface area contributed by atoms with E-state index >= 15 is 0 Å². The molecule has 0 aliphatic carbocycles. The summed E-state index contributed by atoms with van der Waals surface area (Å²) in [6, 6.07) is 4.68. The van der Waals surface area contributed by atoms with Gasteiger partial charge in [0.15, 0.2) is 0 Å². The van der Waals surface area contributed by atoms with Gasteiger partial charge in [-0.25, -0.2) is 4.39 Å². The van der Waals surface area contributed by atoms with Crippen molar-refractivity contribution in [1.29, 1.82) is 0 Å². The molecule has 2 nitrogen and oxygen atoms in total. The summed E-state index contributed by atoms with van der Waals surface area (Å²) in [5.41, 5.74) is 2.96. The highest BCUT2D eigenvalue weighted by molar-refractivity contribution is 5.91. The highest BCUT2D eigenvalue weighted by Gasteiger charge is 2.16. The fraction of sp³-hybridized carbons (Fsp3) is 0.231. The lowest BCUT2D eigenvalue weighted by Crippen LogP contribution is -2.13. The van der Waals surface area contributed by atoms with Gasteiger partial charge in [0, 0.05) is 30.1 Å². The Balaban J connectivity index is 2.11. The molecule has 2 aromatic rings. The maximum atomic E-state index is 13.0. The van der Waals surface area contributed by atoms with Crippen molar-refractivity contribution in [2.45, 2.75) is 0 Å². The summed E-state index contributed by atoms with van der Waals surface area (Å²) >= 11 is 0. The van der Waals surface area contributed by atoms with Crippen molar-refractivity contribution in [2.75, 3.05) is 20.1 Å². The minimum Gasteiger partial charge on any atom is -0.464 e. The van der Waals surface area contributed by atoms with Gasteiger partial charge in [-0.15, -0.1) is 0 Å². The van der Waals surface area contributed by atoms with E-state index in [1.54, 1.807) is 12.3 Å². The maximum absolute atomic E-state index is 13.0. The van der Waals surface area contributed by atoms with Crippen LogP contribution in [0, 0.1) is 5.82 Å². The van der Waals surface area contributed by atoms with Gasteiger partial charge < -0.3 is 4.42 Å². The second kappa shape index (κ2) is 3.46. The van der Waals surface area contributed by atoms with Crippen molar-refractivity contribution >= 4 is 16.5 Å². The molecule has 0 fully saturated rings. The molecule has 0 saturated heterocycles. The molecule has 0 N–H and O–H groups in total. The summed E-state index contributed by atoms with van der Waals surface area (Å²) in [6.07, 6.45) is 3.91. The van der Waals surface area contributed by atoms with Crippen LogP contribution in [0.4, 0.5) is 4.39 Å². The number of fused-ring (bicyclic) bond motifs is 1. The van der Waals surface area contributed by atoms with Crippen LogP contribution in [-0.4, -0.2) is 25.0 Å². The molecule has 0 amide bonds. The van der Waals surface area contributed by atoms with Crippen LogP contribution in [0.2, 0.25) is 0 Å². The molecule has 0 radical (unpaired) electrons. The summed E-state index contributed by atoms with van der Waals surface area (Å²) in [5.74, 6) is -0.258. The summed E-state index contributed by atoms with van der Waals surface area (Å²) in [4.78, 5) is 2.22. The third-order valence-corrected chi connectivity index (χ3v) is 2.97. The summed E-state index contributed by atoms with van der Waals surface area (Å²) in [7, 11) is 2.07. The van der Waals surface area contributed by atoms with Crippen LogP contribution in [0.25, 0.3) is 16.5 Å². The van der Waals surface area contributed by atoms with Crippen LogP contribution in [0.5, 0.6) is 0 Å². The van der Waals surface area contributed by atoms with Crippen LogP contribution < -0.4 is 0 Å². The Labute approximate surface area is 93.0 Å². The zero-order valence-corrected chi connectivity index (χ0v) is 9.03. The lowest BCUT2D eigenvalue weighted by Gasteiger charge is -2.06. The fourth-order valence-electron chi connectivity index (χ4n) is 2.13. The van der Waals surface area contributed by atoms with E-state index in [2.05, 4.69) is 18.0 Å². The molecule has 0 spiro atoms. The SMILES string of the molecule is CN1CC=C(c2coc3cc(F)ccc23)C1. The molecule has 1 aromatic carbocycles. The Morgan fingerprint density at radius 1 is 1.38 bits per heavy atom. The maximum Gasteiger partial charge on any atom is 0.137 e. The van der Waals surface area contributed by atoms with Crippen molar-refractivity contribution in [1.82, 2.24) is 4.90 Å². The van der Waals surface area contributed by atoms with Crippen molar-refractivity contribution < 1.29 is 8.81 Å². The number of likely N-dealkylation sites (N-methyl/N-ethyl adjacent to an activating group) is 1. The number of nitrogens with zero attached hydrogens (tertiary/aromatic N) is 1. The highest BCUT2D eigenvalue weighted by atomic mass is 19.1. The van der Waals surface area contributed by atoms with Crippen molar-refractivity contribution in [2.24, 2.45) is 0 Å². The lowest BCUT2D eigenvalue weighted by molar-refractivity contribution is 0.438. The van der Waals surface area contributed by atoms with Crippen LogP contribution >= 0.6 is 0 Å². The average molecular weight is 217 g/mol. The predicted molar refractivity (Wildman–Crippen MR) is 61.6 cm³/mol. The number of rotatable bonds is 1. The van der Waals surface area contributed by atoms with E-state index in [1.807, 2.05) is 0 Å². The van der Waals surface area contributed by atoms with Gasteiger partial charge in [0.25, 0.3) is 0 Å². The zero-order valence-electron chi connectivity index (χ0n) is 9.03. The van der Waals surface area contributed by atoms with E-state index in [-0.39, 0.29) is 5.82 Å². The molecule has 0 saturated carbocycles. The Hall–Kier alpha value is -1.61. The van der Waals surface area contributed by atoms with Crippen LogP contribution in [0.1, 0.15) is 5.56 Å². The van der Waals surface area contributed by atoms with Gasteiger partial charge in [-0.2, -0.15) is 0 Å². The largest absolute Gasteiger partial charge is 0.464 e. The van der Waals surface area contributed by atoms with Gasteiger partial charge in [0.1, 0.15) is 11.4 Å². The van der Waals surface area contributed by atoms with Gasteiger partial charge >= 0.3 is 0 Å². The Bertz CT molecular complexity index is 570. The molecular weight excluding hydrogens is 205 g/mol. The normalized spacial score (nSPS) is 17.0. The number of hydrogen-bond donors (Lipinski definition) is 0. The Morgan fingerprint density at radius 3 is 3.00 bits per heavy atom. The van der Waals surface area contributed by atoms with Gasteiger partial charge in [-0.3, -0.25) is 4.90 Å². The molecule has 1 aromatic heterocycles. The van der Waals surface area contributed by atoms with Gasteiger partial charge in [-0.05, 0) is 24.8 Å². The first-order valence-corrected chi connectivity index (χ1v) is 5.29. The minimum absolute atomic E-state index is 0.258. The van der Waals surface area contributed by atoms with Gasteiger partial charge in [0.05, 0.1) is 6.26 Å². The summed E-state index contributed by atoms with van der Waals surface area (Å²) in [5, 5.41) is 0.989. The molecule has 16 heavy (non-hydrogen) atoms. The van der Waals surface area contributed by atoms with E-state index in [4.69, 9.17) is 4.42 Å². The minimum atomic E-state index is -0.258. The van der Waals surface area contributed by atoms with Crippen LogP contribution in [0.15, 0.2) is 35.0 Å². The number of hydrogen-bond acceptors (Lipinski definition) is 2. The van der Waals surface area contributed by atoms with E-state index in [0.717, 1.165) is 24.0 Å². The summed E-state index contributed by atoms with van der Waals surface area (Å²) in [6.45, 7) is 1.88. The second-order valence-electron chi connectivity index (χ2n) is 4.22. The molecule has 0 atom stereocenters. The molecule has 3 heteroatoms. The number of benzene rings is 1. The van der Waals surface area contributed by atoms with E-state index in [0.29, 0.717) is 5.58 Å². The van der Waals surface area contributed by atoms with Crippen LogP contribution in [-0.2, 0) is 0 Å². The molecule has 0 unspecified atom stereocenters. The van der Waals surface area contributed by atoms with Crippen molar-refractivity contribution in [3.8, 4) is 0 Å². The third kappa shape index (κ3) is 1.44.